The Morgan fingerprint density at radius 1 is 1.07 bits per heavy atom. The maximum atomic E-state index is 13.2. The molecule has 2 atom stereocenters. The van der Waals surface area contributed by atoms with E-state index in [2.05, 4.69) is 12.7 Å². The lowest BCUT2D eigenvalue weighted by molar-refractivity contribution is -0.178. The minimum absolute atomic E-state index is 0.137. The van der Waals surface area contributed by atoms with Crippen molar-refractivity contribution in [2.75, 3.05) is 0 Å². The monoisotopic (exact) mass is 378 g/mol. The van der Waals surface area contributed by atoms with Crippen molar-refractivity contribution in [1.29, 1.82) is 0 Å². The molecule has 0 aliphatic carbocycles. The average Bonchev–Trinajstić information content (AvgIpc) is 2.69. The molecule has 28 heavy (non-hydrogen) atoms. The smallest absolute Gasteiger partial charge is 0.344 e. The fourth-order valence-corrected chi connectivity index (χ4v) is 3.04. The number of rotatable bonds is 9. The number of ether oxygens (including phenoxy) is 1. The second kappa shape index (κ2) is 9.52. The summed E-state index contributed by atoms with van der Waals surface area (Å²) in [7, 11) is 0. The van der Waals surface area contributed by atoms with E-state index >= 15 is 0 Å². The summed E-state index contributed by atoms with van der Waals surface area (Å²) in [5.74, 6) is -0.665. The number of carbonyl (C=O) groups is 1. The molecule has 0 aliphatic heterocycles. The van der Waals surface area contributed by atoms with E-state index in [0.29, 0.717) is 12.0 Å². The van der Waals surface area contributed by atoms with Crippen molar-refractivity contribution in [2.24, 2.45) is 0 Å². The summed E-state index contributed by atoms with van der Waals surface area (Å²) < 4.78 is 5.82. The van der Waals surface area contributed by atoms with Crippen LogP contribution in [-0.2, 0) is 21.6 Å². The first kappa shape index (κ1) is 21.6. The highest BCUT2D eigenvalue weighted by Crippen LogP contribution is 2.31. The van der Waals surface area contributed by atoms with Crippen LogP contribution in [0.5, 0.6) is 0 Å². The molecule has 0 bridgehead atoms. The molecular weight excluding hydrogens is 348 g/mol. The number of benzene rings is 2. The lowest BCUT2D eigenvalue weighted by Crippen LogP contribution is -2.44. The van der Waals surface area contributed by atoms with Crippen LogP contribution in [0, 0.1) is 0 Å². The second-order valence-electron chi connectivity index (χ2n) is 7.62. The molecule has 0 spiro atoms. The van der Waals surface area contributed by atoms with E-state index in [9.17, 15) is 9.90 Å². The van der Waals surface area contributed by atoms with Gasteiger partial charge in [0.1, 0.15) is 5.60 Å². The van der Waals surface area contributed by atoms with Crippen LogP contribution in [0.4, 0.5) is 0 Å². The van der Waals surface area contributed by atoms with Crippen molar-refractivity contribution < 1.29 is 14.6 Å². The molecule has 2 rings (SSSR count). The lowest BCUT2D eigenvalue weighted by atomic mass is 9.86. The highest BCUT2D eigenvalue weighted by atomic mass is 16.6. The Hall–Kier alpha value is -2.65. The van der Waals surface area contributed by atoms with Gasteiger partial charge in [-0.15, -0.1) is 0 Å². The second-order valence-corrected chi connectivity index (χ2v) is 7.62. The molecule has 0 aliphatic rings. The zero-order valence-corrected chi connectivity index (χ0v) is 17.0. The van der Waals surface area contributed by atoms with Crippen molar-refractivity contribution in [3.05, 3.63) is 96.1 Å². The Morgan fingerprint density at radius 2 is 1.64 bits per heavy atom. The number of hydrogen-bond donors (Lipinski definition) is 1. The van der Waals surface area contributed by atoms with E-state index in [1.165, 1.54) is 5.57 Å². The molecule has 3 heteroatoms. The SMILES string of the molecule is C=CC(C)(CCC=C(C)C)OC(=O)C(O)(Cc1ccccc1)c1ccccc1. The van der Waals surface area contributed by atoms with Gasteiger partial charge in [0.15, 0.2) is 5.60 Å². The molecule has 0 saturated carbocycles. The first-order chi connectivity index (χ1) is 13.3. The maximum absolute atomic E-state index is 13.2. The largest absolute Gasteiger partial charge is 0.453 e. The van der Waals surface area contributed by atoms with Gasteiger partial charge in [-0.2, -0.15) is 0 Å². The summed E-state index contributed by atoms with van der Waals surface area (Å²) in [6.45, 7) is 9.73. The molecular formula is C25H30O3. The molecule has 0 saturated heterocycles. The molecule has 0 amide bonds. The fourth-order valence-electron chi connectivity index (χ4n) is 3.04. The third-order valence-corrected chi connectivity index (χ3v) is 4.84. The molecule has 3 nitrogen and oxygen atoms in total. The zero-order valence-electron chi connectivity index (χ0n) is 17.0. The topological polar surface area (TPSA) is 46.5 Å². The third-order valence-electron chi connectivity index (χ3n) is 4.84. The summed E-state index contributed by atoms with van der Waals surface area (Å²) in [6, 6.07) is 18.4. The number of carbonyl (C=O) groups excluding carboxylic acids is 1. The van der Waals surface area contributed by atoms with Gasteiger partial charge < -0.3 is 9.84 Å². The first-order valence-corrected chi connectivity index (χ1v) is 9.61. The van der Waals surface area contributed by atoms with E-state index in [1.54, 1.807) is 30.3 Å². The van der Waals surface area contributed by atoms with E-state index in [4.69, 9.17) is 4.74 Å². The molecule has 0 radical (unpaired) electrons. The van der Waals surface area contributed by atoms with Crippen molar-refractivity contribution in [3.8, 4) is 0 Å². The Kier molecular flexibility index (Phi) is 7.36. The van der Waals surface area contributed by atoms with Gasteiger partial charge in [0.25, 0.3) is 0 Å². The number of hydrogen-bond acceptors (Lipinski definition) is 3. The lowest BCUT2D eigenvalue weighted by Gasteiger charge is -2.33. The molecule has 0 fully saturated rings. The fraction of sp³-hybridized carbons (Fsp3) is 0.320. The molecule has 2 aromatic rings. The van der Waals surface area contributed by atoms with E-state index in [0.717, 1.165) is 12.0 Å². The Morgan fingerprint density at radius 3 is 2.18 bits per heavy atom. The molecule has 2 unspecified atom stereocenters. The van der Waals surface area contributed by atoms with Crippen LogP contribution in [0.3, 0.4) is 0 Å². The summed E-state index contributed by atoms with van der Waals surface area (Å²) >= 11 is 0. The number of allylic oxidation sites excluding steroid dienone is 2. The van der Waals surface area contributed by atoms with Gasteiger partial charge in [0.2, 0.25) is 0 Å². The predicted molar refractivity (Wildman–Crippen MR) is 114 cm³/mol. The molecule has 148 valence electrons. The van der Waals surface area contributed by atoms with Crippen LogP contribution in [0.15, 0.2) is 85.0 Å². The first-order valence-electron chi connectivity index (χ1n) is 9.61. The van der Waals surface area contributed by atoms with E-state index in [-0.39, 0.29) is 6.42 Å². The van der Waals surface area contributed by atoms with Gasteiger partial charge in [0.05, 0.1) is 0 Å². The van der Waals surface area contributed by atoms with Gasteiger partial charge in [-0.1, -0.05) is 78.9 Å². The van der Waals surface area contributed by atoms with Crippen molar-refractivity contribution in [3.63, 3.8) is 0 Å². The number of aliphatic hydroxyl groups is 1. The van der Waals surface area contributed by atoms with E-state index in [1.807, 2.05) is 57.2 Å². The van der Waals surface area contributed by atoms with Crippen molar-refractivity contribution >= 4 is 5.97 Å². The Balaban J connectivity index is 2.30. The van der Waals surface area contributed by atoms with Gasteiger partial charge in [-0.25, -0.2) is 4.79 Å². The van der Waals surface area contributed by atoms with Crippen molar-refractivity contribution in [2.45, 2.75) is 51.2 Å². The average molecular weight is 379 g/mol. The zero-order chi connectivity index (χ0) is 20.6. The predicted octanol–water partition coefficient (Wildman–Crippen LogP) is 5.35. The van der Waals surface area contributed by atoms with Gasteiger partial charge in [0, 0.05) is 6.42 Å². The van der Waals surface area contributed by atoms with Gasteiger partial charge >= 0.3 is 5.97 Å². The summed E-state index contributed by atoms with van der Waals surface area (Å²) in [5.41, 5.74) is -0.0517. The summed E-state index contributed by atoms with van der Waals surface area (Å²) in [6.07, 6.45) is 5.24. The highest BCUT2D eigenvalue weighted by molar-refractivity contribution is 5.82. The number of esters is 1. The Bertz CT molecular complexity index is 806. The highest BCUT2D eigenvalue weighted by Gasteiger charge is 2.42. The summed E-state index contributed by atoms with van der Waals surface area (Å²) in [4.78, 5) is 13.2. The van der Waals surface area contributed by atoms with Crippen LogP contribution in [0.1, 0.15) is 44.7 Å². The molecule has 0 aromatic heterocycles. The summed E-state index contributed by atoms with van der Waals surface area (Å²) in [5, 5.41) is 11.5. The van der Waals surface area contributed by atoms with Crippen LogP contribution in [0.2, 0.25) is 0 Å². The molecule has 1 N–H and O–H groups in total. The van der Waals surface area contributed by atoms with Crippen LogP contribution < -0.4 is 0 Å². The van der Waals surface area contributed by atoms with Crippen LogP contribution in [-0.4, -0.2) is 16.7 Å². The third kappa shape index (κ3) is 5.67. The Labute approximate surface area is 168 Å². The van der Waals surface area contributed by atoms with Gasteiger partial charge in [-0.05, 0) is 50.8 Å². The molecule has 2 aromatic carbocycles. The van der Waals surface area contributed by atoms with Crippen LogP contribution >= 0.6 is 0 Å². The van der Waals surface area contributed by atoms with Crippen molar-refractivity contribution in [1.82, 2.24) is 0 Å². The van der Waals surface area contributed by atoms with E-state index < -0.39 is 17.2 Å². The van der Waals surface area contributed by atoms with Crippen LogP contribution in [0.25, 0.3) is 0 Å². The maximum Gasteiger partial charge on any atom is 0.344 e. The molecule has 0 heterocycles. The quantitative estimate of drug-likeness (QED) is 0.472. The van der Waals surface area contributed by atoms with Gasteiger partial charge in [-0.3, -0.25) is 0 Å². The standard InChI is InChI=1S/C25H30O3/c1-5-24(4,18-12-13-20(2)3)28-23(26)25(27,22-16-10-7-11-17-22)19-21-14-8-6-9-15-21/h5-11,13-17,27H,1,12,18-19H2,2-4H3. The normalized spacial score (nSPS) is 15.0. The minimum Gasteiger partial charge on any atom is -0.453 e. The minimum atomic E-state index is -1.77.